The summed E-state index contributed by atoms with van der Waals surface area (Å²) in [5, 5.41) is 8.70. The SMILES string of the molecule is C=C/C(F)=C(\C=C)Oc1ccc(-n2ncc(C(=O)c3cc4cc(OCCN5CC6CC(C5)N6)c(N)cc4[nH]3)c2N)c(C)c1. The first kappa shape index (κ1) is 28.3. The van der Waals surface area contributed by atoms with Crippen molar-refractivity contribution in [2.24, 2.45) is 0 Å². The molecule has 0 amide bonds. The van der Waals surface area contributed by atoms with Gasteiger partial charge in [0.15, 0.2) is 11.6 Å². The highest BCUT2D eigenvalue weighted by molar-refractivity contribution is 6.12. The molecule has 5 heterocycles. The molecule has 2 unspecified atom stereocenters. The average Bonchev–Trinajstić information content (AvgIpc) is 3.58. The fourth-order valence-corrected chi connectivity index (χ4v) is 5.71. The summed E-state index contributed by atoms with van der Waals surface area (Å²) in [6, 6.07) is 11.7. The predicted octanol–water partition coefficient (Wildman–Crippen LogP) is 4.41. The summed E-state index contributed by atoms with van der Waals surface area (Å²) in [4.78, 5) is 19.1. The summed E-state index contributed by atoms with van der Waals surface area (Å²) in [7, 11) is 0. The minimum Gasteiger partial charge on any atom is -0.490 e. The number of ketones is 1. The molecule has 2 aromatic heterocycles. The molecular weight excluding hydrogens is 549 g/mol. The minimum absolute atomic E-state index is 0.0428. The van der Waals surface area contributed by atoms with E-state index in [4.69, 9.17) is 20.9 Å². The molecule has 3 aliphatic heterocycles. The molecule has 2 aromatic carbocycles. The number of nitrogens with zero attached hydrogens (tertiary/aromatic N) is 3. The van der Waals surface area contributed by atoms with Crippen molar-refractivity contribution in [2.45, 2.75) is 25.4 Å². The van der Waals surface area contributed by atoms with Gasteiger partial charge in [-0.2, -0.15) is 5.10 Å². The molecule has 6 N–H and O–H groups in total. The molecule has 3 saturated heterocycles. The van der Waals surface area contributed by atoms with Gasteiger partial charge in [-0.15, -0.1) is 0 Å². The number of anilines is 2. The third kappa shape index (κ3) is 5.52. The summed E-state index contributed by atoms with van der Waals surface area (Å²) in [5.41, 5.74) is 15.9. The highest BCUT2D eigenvalue weighted by Gasteiger charge is 2.36. The molecule has 7 rings (SSSR count). The van der Waals surface area contributed by atoms with Crippen LogP contribution in [0.4, 0.5) is 15.9 Å². The zero-order chi connectivity index (χ0) is 30.2. The third-order valence-electron chi connectivity index (χ3n) is 7.93. The number of H-pyrrole nitrogens is 1. The van der Waals surface area contributed by atoms with Crippen LogP contribution in [0.5, 0.6) is 11.5 Å². The van der Waals surface area contributed by atoms with Crippen molar-refractivity contribution in [2.75, 3.05) is 37.7 Å². The van der Waals surface area contributed by atoms with Crippen molar-refractivity contribution in [3.05, 3.63) is 96.3 Å². The number of carbonyl (C=O) groups excluding carboxylic acids is 1. The highest BCUT2D eigenvalue weighted by Crippen LogP contribution is 2.31. The van der Waals surface area contributed by atoms with Gasteiger partial charge in [-0.1, -0.05) is 13.2 Å². The number of hydrogen-bond donors (Lipinski definition) is 4. The van der Waals surface area contributed by atoms with E-state index in [1.165, 1.54) is 23.4 Å². The summed E-state index contributed by atoms with van der Waals surface area (Å²) in [5.74, 6) is 0.191. The largest absolute Gasteiger partial charge is 0.490 e. The molecule has 43 heavy (non-hydrogen) atoms. The minimum atomic E-state index is -0.624. The van der Waals surface area contributed by atoms with E-state index in [1.54, 1.807) is 30.3 Å². The van der Waals surface area contributed by atoms with Crippen molar-refractivity contribution >= 4 is 28.2 Å². The van der Waals surface area contributed by atoms with Gasteiger partial charge < -0.3 is 31.2 Å². The first-order chi connectivity index (χ1) is 20.7. The van der Waals surface area contributed by atoms with Crippen LogP contribution in [-0.4, -0.2) is 63.8 Å². The van der Waals surface area contributed by atoms with Crippen molar-refractivity contribution in [1.29, 1.82) is 0 Å². The molecule has 4 aromatic rings. The molecule has 2 atom stereocenters. The smallest absolute Gasteiger partial charge is 0.214 e. The normalized spacial score (nSPS) is 18.6. The average molecular weight is 584 g/mol. The van der Waals surface area contributed by atoms with Gasteiger partial charge in [0.1, 0.15) is 23.9 Å². The van der Waals surface area contributed by atoms with E-state index in [0.717, 1.165) is 36.7 Å². The van der Waals surface area contributed by atoms with Crippen molar-refractivity contribution in [3.8, 4) is 17.2 Å². The number of carbonyl (C=O) groups is 1. The summed E-state index contributed by atoms with van der Waals surface area (Å²) >= 11 is 0. The fourth-order valence-electron chi connectivity index (χ4n) is 5.71. The Bertz CT molecular complexity index is 1760. The molecule has 0 spiro atoms. The number of halogens is 1. The number of fused-ring (bicyclic) bond motifs is 3. The van der Waals surface area contributed by atoms with Crippen LogP contribution in [0.3, 0.4) is 0 Å². The number of nitrogen functional groups attached to an aromatic ring is 2. The summed E-state index contributed by atoms with van der Waals surface area (Å²) in [6.45, 7) is 12.3. The standard InChI is InChI=1S/C32H34FN7O3/c1-4-24(33)29(5-2)43-22-6-7-28(18(3)10-22)40-32(35)23(15-36-40)31(41)27-11-19-12-30(25(34)14-26(19)38-27)42-9-8-39-16-20-13-21(17-39)37-20/h4-7,10-12,14-15,20-21,37-38H,1-2,8-9,13,16-17,34-35H2,3H3/b29-24-. The predicted molar refractivity (Wildman–Crippen MR) is 165 cm³/mol. The van der Waals surface area contributed by atoms with E-state index < -0.39 is 5.83 Å². The number of allylic oxidation sites excluding steroid dienone is 3. The van der Waals surface area contributed by atoms with Gasteiger partial charge in [0, 0.05) is 42.6 Å². The quantitative estimate of drug-likeness (QED) is 0.0882. The molecule has 0 saturated carbocycles. The van der Waals surface area contributed by atoms with Crippen LogP contribution in [0.15, 0.2) is 79.5 Å². The number of ether oxygens (including phenoxy) is 2. The topological polar surface area (TPSA) is 136 Å². The van der Waals surface area contributed by atoms with Crippen LogP contribution in [0.2, 0.25) is 0 Å². The van der Waals surface area contributed by atoms with E-state index in [2.05, 4.69) is 33.5 Å². The first-order valence-electron chi connectivity index (χ1n) is 14.1. The lowest BCUT2D eigenvalue weighted by molar-refractivity contribution is 0.0675. The Balaban J connectivity index is 1.17. The van der Waals surface area contributed by atoms with E-state index >= 15 is 0 Å². The van der Waals surface area contributed by atoms with Gasteiger partial charge in [0.25, 0.3) is 0 Å². The molecule has 0 radical (unpaired) electrons. The van der Waals surface area contributed by atoms with Crippen LogP contribution < -0.4 is 26.3 Å². The van der Waals surface area contributed by atoms with Gasteiger partial charge in [-0.25, -0.2) is 9.07 Å². The zero-order valence-electron chi connectivity index (χ0n) is 23.9. The Morgan fingerprint density at radius 3 is 2.63 bits per heavy atom. The van der Waals surface area contributed by atoms with Crippen LogP contribution in [0.1, 0.15) is 28.0 Å². The second-order valence-electron chi connectivity index (χ2n) is 10.9. The summed E-state index contributed by atoms with van der Waals surface area (Å²) < 4.78 is 27.0. The Morgan fingerprint density at radius 2 is 1.93 bits per heavy atom. The number of aryl methyl sites for hydroxylation is 1. The number of aromatic amines is 1. The van der Waals surface area contributed by atoms with Crippen LogP contribution in [0.25, 0.3) is 16.6 Å². The third-order valence-corrected chi connectivity index (χ3v) is 7.93. The lowest BCUT2D eigenvalue weighted by Crippen LogP contribution is -2.67. The number of hydrogen-bond acceptors (Lipinski definition) is 8. The molecule has 222 valence electrons. The molecule has 0 aliphatic carbocycles. The fraction of sp³-hybridized carbons (Fsp3) is 0.250. The number of nitrogens with two attached hydrogens (primary N) is 2. The Morgan fingerprint density at radius 1 is 1.16 bits per heavy atom. The second kappa shape index (κ2) is 11.4. The maximum Gasteiger partial charge on any atom is 0.214 e. The molecule has 2 bridgehead atoms. The van der Waals surface area contributed by atoms with Gasteiger partial charge in [-0.3, -0.25) is 9.69 Å². The van der Waals surface area contributed by atoms with E-state index in [1.807, 2.05) is 13.0 Å². The molecule has 11 heteroatoms. The number of piperidine rings is 1. The van der Waals surface area contributed by atoms with Gasteiger partial charge in [0.2, 0.25) is 5.78 Å². The highest BCUT2D eigenvalue weighted by atomic mass is 19.1. The Labute approximate surface area is 248 Å². The van der Waals surface area contributed by atoms with Gasteiger partial charge in [0.05, 0.1) is 28.8 Å². The Hall–Kier alpha value is -4.87. The number of aromatic nitrogens is 3. The second-order valence-corrected chi connectivity index (χ2v) is 10.9. The van der Waals surface area contributed by atoms with Gasteiger partial charge in [-0.05, 0) is 67.5 Å². The van der Waals surface area contributed by atoms with Crippen LogP contribution in [-0.2, 0) is 0 Å². The first-order valence-corrected chi connectivity index (χ1v) is 14.1. The number of rotatable bonds is 11. The van der Waals surface area contributed by atoms with Gasteiger partial charge >= 0.3 is 0 Å². The van der Waals surface area contributed by atoms with Crippen LogP contribution >= 0.6 is 0 Å². The molecular formula is C32H34FN7O3. The van der Waals surface area contributed by atoms with E-state index in [-0.39, 0.29) is 22.9 Å². The zero-order valence-corrected chi connectivity index (χ0v) is 23.9. The van der Waals surface area contributed by atoms with Crippen molar-refractivity contribution in [3.63, 3.8) is 0 Å². The molecule has 3 aliphatic rings. The number of piperazine rings is 1. The van der Waals surface area contributed by atoms with Crippen molar-refractivity contribution in [1.82, 2.24) is 25.0 Å². The number of benzene rings is 2. The van der Waals surface area contributed by atoms with Crippen LogP contribution in [0, 0.1) is 6.92 Å². The van der Waals surface area contributed by atoms with Crippen molar-refractivity contribution < 1.29 is 18.7 Å². The number of nitrogens with one attached hydrogen (secondary N) is 2. The maximum absolute atomic E-state index is 13.9. The maximum atomic E-state index is 13.9. The molecule has 10 nitrogen and oxygen atoms in total. The van der Waals surface area contributed by atoms with E-state index in [9.17, 15) is 9.18 Å². The summed E-state index contributed by atoms with van der Waals surface area (Å²) in [6.07, 6.45) is 5.02. The Kier molecular flexibility index (Phi) is 7.51. The monoisotopic (exact) mass is 583 g/mol. The lowest BCUT2D eigenvalue weighted by Gasteiger charge is -2.48. The van der Waals surface area contributed by atoms with E-state index in [0.29, 0.717) is 52.8 Å². The lowest BCUT2D eigenvalue weighted by atomic mass is 9.91. The molecule has 3 fully saturated rings.